The summed E-state index contributed by atoms with van der Waals surface area (Å²) in [6.07, 6.45) is 14.3. The van der Waals surface area contributed by atoms with Crippen molar-refractivity contribution < 1.29 is 18.0 Å². The van der Waals surface area contributed by atoms with Gasteiger partial charge < -0.3 is 0 Å². The summed E-state index contributed by atoms with van der Waals surface area (Å²) >= 11 is -3.84. The third-order valence-corrected chi connectivity index (χ3v) is 38.4. The Kier molecular flexibility index (Phi) is 6.29. The topological polar surface area (TPSA) is 0 Å². The van der Waals surface area contributed by atoms with Crippen LogP contribution < -0.4 is 0 Å². The number of hydrogen-bond donors (Lipinski definition) is 0. The Bertz CT molecular complexity index is 1740. The first-order valence-electron chi connectivity index (χ1n) is 15.5. The zero-order chi connectivity index (χ0) is 28.5. The molecule has 0 aromatic heterocycles. The molecule has 1 saturated carbocycles. The van der Waals surface area contributed by atoms with Gasteiger partial charge in [-0.1, -0.05) is 0 Å². The molecule has 7 rings (SSSR count). The average Bonchev–Trinajstić information content (AvgIpc) is 3.56. The number of benzene rings is 4. The van der Waals surface area contributed by atoms with Crippen molar-refractivity contribution in [3.05, 3.63) is 129 Å². The minimum atomic E-state index is -3.84. The van der Waals surface area contributed by atoms with Gasteiger partial charge in [0, 0.05) is 0 Å². The van der Waals surface area contributed by atoms with E-state index in [9.17, 15) is 0 Å². The Labute approximate surface area is 247 Å². The van der Waals surface area contributed by atoms with Crippen LogP contribution in [0.3, 0.4) is 0 Å². The molecular formula is C40H42Hf. The number of aryl methyl sites for hydroxylation is 4. The molecule has 206 valence electrons. The summed E-state index contributed by atoms with van der Waals surface area (Å²) in [7, 11) is 0. The zero-order valence-electron chi connectivity index (χ0n) is 25.5. The van der Waals surface area contributed by atoms with E-state index in [4.69, 9.17) is 0 Å². The summed E-state index contributed by atoms with van der Waals surface area (Å²) in [4.78, 5) is 0. The van der Waals surface area contributed by atoms with Gasteiger partial charge in [0.1, 0.15) is 0 Å². The Hall–Kier alpha value is -2.90. The van der Waals surface area contributed by atoms with Crippen LogP contribution in [0.4, 0.5) is 0 Å². The van der Waals surface area contributed by atoms with E-state index in [0.717, 1.165) is 0 Å². The standard InChI is InChI=1S/2C17H15.C4H6.2CH3.Hf/c2*1-12-9-10-13(2)17(11-12)16-8-4-6-14-5-3-7-15(14)16;1-2-4-3-1;;;/h2*3-11H,1-2H3;1-3H2;2*1H3;. The van der Waals surface area contributed by atoms with Gasteiger partial charge in [0.05, 0.1) is 0 Å². The molecular weight excluding hydrogens is 659 g/mol. The first kappa shape index (κ1) is 27.0. The van der Waals surface area contributed by atoms with Gasteiger partial charge in [-0.3, -0.25) is 0 Å². The molecule has 4 aromatic carbocycles. The monoisotopic (exact) mass is 702 g/mol. The quantitative estimate of drug-likeness (QED) is 0.186. The van der Waals surface area contributed by atoms with E-state index in [1.54, 1.807) is 11.1 Å². The normalized spacial score (nSPS) is 19.3. The second kappa shape index (κ2) is 9.56. The average molecular weight is 701 g/mol. The molecule has 0 bridgehead atoms. The molecule has 0 saturated heterocycles. The summed E-state index contributed by atoms with van der Waals surface area (Å²) in [6.45, 7) is 8.94. The van der Waals surface area contributed by atoms with Crippen LogP contribution in [-0.2, 0) is 18.0 Å². The summed E-state index contributed by atoms with van der Waals surface area (Å²) in [6, 6.07) is 28.1. The van der Waals surface area contributed by atoms with E-state index in [0.29, 0.717) is 7.35 Å². The zero-order valence-corrected chi connectivity index (χ0v) is 29.1. The van der Waals surface area contributed by atoms with Gasteiger partial charge in [0.15, 0.2) is 0 Å². The van der Waals surface area contributed by atoms with Gasteiger partial charge in [0.25, 0.3) is 0 Å². The maximum atomic E-state index is 2.81. The summed E-state index contributed by atoms with van der Waals surface area (Å²) in [5.41, 5.74) is 17.0. The van der Waals surface area contributed by atoms with Crippen molar-refractivity contribution in [2.75, 3.05) is 0 Å². The van der Waals surface area contributed by atoms with Gasteiger partial charge in [-0.15, -0.1) is 0 Å². The summed E-state index contributed by atoms with van der Waals surface area (Å²) in [5, 5.41) is 0. The molecule has 0 nitrogen and oxygen atoms in total. The summed E-state index contributed by atoms with van der Waals surface area (Å²) < 4.78 is 8.64. The van der Waals surface area contributed by atoms with Crippen molar-refractivity contribution in [3.63, 3.8) is 0 Å². The predicted octanol–water partition coefficient (Wildman–Crippen LogP) is 11.2. The van der Waals surface area contributed by atoms with E-state index < -0.39 is 18.0 Å². The molecule has 1 fully saturated rings. The molecule has 2 atom stereocenters. The van der Waals surface area contributed by atoms with Crippen LogP contribution in [0.1, 0.15) is 71.1 Å². The van der Waals surface area contributed by atoms with Crippen LogP contribution in [-0.4, -0.2) is 3.26 Å². The van der Waals surface area contributed by atoms with Crippen LogP contribution in [0.5, 0.6) is 0 Å². The van der Waals surface area contributed by atoms with E-state index >= 15 is 0 Å². The Morgan fingerprint density at radius 2 is 1.02 bits per heavy atom. The molecule has 1 heteroatoms. The summed E-state index contributed by atoms with van der Waals surface area (Å²) in [5.74, 6) is 0. The molecule has 0 N–H and O–H groups in total. The Balaban J connectivity index is 1.41. The Morgan fingerprint density at radius 1 is 0.561 bits per heavy atom. The first-order valence-corrected chi connectivity index (χ1v) is 28.6. The van der Waals surface area contributed by atoms with E-state index in [1.807, 2.05) is 3.26 Å². The fourth-order valence-electron chi connectivity index (χ4n) is 8.52. The van der Waals surface area contributed by atoms with Crippen molar-refractivity contribution >= 4 is 15.4 Å². The molecule has 0 heterocycles. The van der Waals surface area contributed by atoms with Gasteiger partial charge in [-0.2, -0.15) is 0 Å². The van der Waals surface area contributed by atoms with Crippen molar-refractivity contribution in [2.45, 2.75) is 63.7 Å². The SMILES string of the molecule is Cc1ccc(C)c(-c2cccc3c2C=C[CH]3[Hf]([CH3])([CH3])(=[C]2CCC2)[CH]2C=Cc3c(-c4cc(C)ccc4C)cccc32)c1. The maximum absolute atomic E-state index is 3.84. The van der Waals surface area contributed by atoms with Crippen molar-refractivity contribution in [3.8, 4) is 22.3 Å². The van der Waals surface area contributed by atoms with Gasteiger partial charge in [0.2, 0.25) is 0 Å². The first-order chi connectivity index (χ1) is 19.7. The molecule has 3 aliphatic carbocycles. The molecule has 3 aliphatic rings. The van der Waals surface area contributed by atoms with Gasteiger partial charge in [-0.25, -0.2) is 0 Å². The second-order valence-electron chi connectivity index (χ2n) is 14.0. The fourth-order valence-corrected chi connectivity index (χ4v) is 33.6. The van der Waals surface area contributed by atoms with Crippen LogP contribution >= 0.6 is 0 Å². The van der Waals surface area contributed by atoms with Crippen molar-refractivity contribution in [1.82, 2.24) is 0 Å². The predicted molar refractivity (Wildman–Crippen MR) is 177 cm³/mol. The number of hydrogen-bond acceptors (Lipinski definition) is 0. The number of fused-ring (bicyclic) bond motifs is 2. The van der Waals surface area contributed by atoms with Gasteiger partial charge >= 0.3 is 249 Å². The van der Waals surface area contributed by atoms with E-state index in [1.165, 1.54) is 74.9 Å². The third kappa shape index (κ3) is 3.98. The van der Waals surface area contributed by atoms with Crippen molar-refractivity contribution in [2.24, 2.45) is 0 Å². The molecule has 0 radical (unpaired) electrons. The van der Waals surface area contributed by atoms with Crippen LogP contribution in [0.25, 0.3) is 34.4 Å². The van der Waals surface area contributed by atoms with Crippen LogP contribution in [0, 0.1) is 27.7 Å². The second-order valence-corrected chi connectivity index (χ2v) is 39.8. The van der Waals surface area contributed by atoms with Gasteiger partial charge in [-0.05, 0) is 0 Å². The minimum absolute atomic E-state index is 0.535. The molecule has 0 amide bonds. The fraction of sp³-hybridized carbons (Fsp3) is 0.275. The van der Waals surface area contributed by atoms with Crippen LogP contribution in [0.15, 0.2) is 84.9 Å². The molecule has 41 heavy (non-hydrogen) atoms. The number of rotatable bonds is 4. The molecule has 0 spiro atoms. The number of allylic oxidation sites excluding steroid dienone is 2. The Morgan fingerprint density at radius 3 is 1.44 bits per heavy atom. The molecule has 0 aliphatic heterocycles. The molecule has 4 aromatic rings. The van der Waals surface area contributed by atoms with E-state index in [-0.39, 0.29) is 0 Å². The third-order valence-electron chi connectivity index (χ3n) is 11.2. The van der Waals surface area contributed by atoms with Crippen LogP contribution in [0.2, 0.25) is 9.36 Å². The molecule has 2 unspecified atom stereocenters. The van der Waals surface area contributed by atoms with Crippen molar-refractivity contribution in [1.29, 1.82) is 0 Å². The van der Waals surface area contributed by atoms with E-state index in [2.05, 4.69) is 134 Å².